The Morgan fingerprint density at radius 1 is 1.35 bits per heavy atom. The zero-order valence-corrected chi connectivity index (χ0v) is 12.8. The molecule has 1 N–H and O–H groups in total. The number of carboxylic acid groups (broad SMARTS) is 1. The van der Waals surface area contributed by atoms with E-state index in [1.165, 1.54) is 4.90 Å². The summed E-state index contributed by atoms with van der Waals surface area (Å²) in [6, 6.07) is 5.30. The van der Waals surface area contributed by atoms with Gasteiger partial charge in [-0.05, 0) is 30.0 Å². The predicted octanol–water partition coefficient (Wildman–Crippen LogP) is 3.40. The maximum atomic E-state index is 12.2. The number of carbonyl (C=O) groups excluding carboxylic acids is 1. The Balaban J connectivity index is 2.72. The van der Waals surface area contributed by atoms with Gasteiger partial charge in [-0.25, -0.2) is 0 Å². The highest BCUT2D eigenvalue weighted by atomic mass is 35.5. The van der Waals surface area contributed by atoms with Crippen LogP contribution in [0, 0.1) is 0 Å². The van der Waals surface area contributed by atoms with Gasteiger partial charge in [-0.2, -0.15) is 0 Å². The average Bonchev–Trinajstić information content (AvgIpc) is 2.36. The number of carbonyl (C=O) groups is 2. The predicted molar refractivity (Wildman–Crippen MR) is 79.4 cm³/mol. The van der Waals surface area contributed by atoms with E-state index in [0.29, 0.717) is 29.5 Å². The molecule has 0 fully saturated rings. The van der Waals surface area contributed by atoms with Crippen molar-refractivity contribution in [3.05, 3.63) is 34.3 Å². The summed E-state index contributed by atoms with van der Waals surface area (Å²) in [5.74, 6) is -0.692. The smallest absolute Gasteiger partial charge is 0.303 e. The Hall–Kier alpha value is -1.55. The normalized spacial score (nSPS) is 10.7. The first-order chi connectivity index (χ1) is 9.32. The van der Waals surface area contributed by atoms with Gasteiger partial charge in [0.15, 0.2) is 0 Å². The summed E-state index contributed by atoms with van der Waals surface area (Å²) >= 11 is 6.17. The molecule has 0 saturated carbocycles. The molecule has 4 nitrogen and oxygen atoms in total. The van der Waals surface area contributed by atoms with E-state index >= 15 is 0 Å². The zero-order chi connectivity index (χ0) is 15.3. The number of aliphatic carboxylic acids is 1. The molecule has 5 heteroatoms. The van der Waals surface area contributed by atoms with Crippen molar-refractivity contribution in [2.45, 2.75) is 32.6 Å². The van der Waals surface area contributed by atoms with E-state index in [9.17, 15) is 9.59 Å². The third-order valence-corrected chi connectivity index (χ3v) is 3.43. The fourth-order valence-electron chi connectivity index (χ4n) is 1.92. The van der Waals surface area contributed by atoms with Crippen LogP contribution in [0.2, 0.25) is 5.02 Å². The maximum absolute atomic E-state index is 12.2. The molecule has 1 aromatic rings. The summed E-state index contributed by atoms with van der Waals surface area (Å²) in [5.41, 5.74) is 1.54. The van der Waals surface area contributed by atoms with Crippen LogP contribution in [-0.4, -0.2) is 35.5 Å². The molecule has 0 atom stereocenters. The van der Waals surface area contributed by atoms with E-state index in [1.54, 1.807) is 19.2 Å². The second-order valence-electron chi connectivity index (χ2n) is 5.11. The van der Waals surface area contributed by atoms with E-state index in [-0.39, 0.29) is 12.3 Å². The van der Waals surface area contributed by atoms with Crippen LogP contribution in [0.15, 0.2) is 18.2 Å². The van der Waals surface area contributed by atoms with Gasteiger partial charge in [-0.3, -0.25) is 9.59 Å². The van der Waals surface area contributed by atoms with E-state index in [1.807, 2.05) is 19.9 Å². The van der Waals surface area contributed by atoms with Gasteiger partial charge in [0.1, 0.15) is 0 Å². The van der Waals surface area contributed by atoms with Crippen LogP contribution in [0.5, 0.6) is 0 Å². The molecule has 0 saturated heterocycles. The Bertz CT molecular complexity index is 500. The first kappa shape index (κ1) is 16.5. The van der Waals surface area contributed by atoms with Crippen molar-refractivity contribution in [1.82, 2.24) is 4.90 Å². The molecule has 0 aliphatic heterocycles. The lowest BCUT2D eigenvalue weighted by atomic mass is 10.0. The van der Waals surface area contributed by atoms with E-state index < -0.39 is 5.97 Å². The first-order valence-corrected chi connectivity index (χ1v) is 6.97. The van der Waals surface area contributed by atoms with Crippen LogP contribution in [-0.2, 0) is 4.79 Å². The Morgan fingerprint density at radius 2 is 2.00 bits per heavy atom. The highest BCUT2D eigenvalue weighted by molar-refractivity contribution is 6.31. The minimum atomic E-state index is -0.852. The van der Waals surface area contributed by atoms with Crippen LogP contribution in [0.25, 0.3) is 0 Å². The topological polar surface area (TPSA) is 57.6 Å². The van der Waals surface area contributed by atoms with Gasteiger partial charge in [-0.1, -0.05) is 31.5 Å². The van der Waals surface area contributed by atoms with Crippen molar-refractivity contribution in [2.75, 3.05) is 13.6 Å². The Labute approximate surface area is 124 Å². The minimum absolute atomic E-state index is 0.0602. The van der Waals surface area contributed by atoms with Gasteiger partial charge in [0, 0.05) is 30.6 Å². The van der Waals surface area contributed by atoms with Crippen molar-refractivity contribution in [1.29, 1.82) is 0 Å². The molecule has 0 aliphatic carbocycles. The third-order valence-electron chi connectivity index (χ3n) is 3.10. The molecule has 0 unspecified atom stereocenters. The lowest BCUT2D eigenvalue weighted by Gasteiger charge is -2.17. The minimum Gasteiger partial charge on any atom is -0.481 e. The maximum Gasteiger partial charge on any atom is 0.303 e. The summed E-state index contributed by atoms with van der Waals surface area (Å²) in [5, 5.41) is 9.17. The van der Waals surface area contributed by atoms with Crippen molar-refractivity contribution < 1.29 is 14.7 Å². The summed E-state index contributed by atoms with van der Waals surface area (Å²) in [7, 11) is 1.66. The number of nitrogens with zero attached hydrogens (tertiary/aromatic N) is 1. The number of rotatable bonds is 6. The van der Waals surface area contributed by atoms with Crippen LogP contribution in [0.4, 0.5) is 0 Å². The highest BCUT2D eigenvalue weighted by Gasteiger charge is 2.14. The Morgan fingerprint density at radius 3 is 2.50 bits per heavy atom. The standard InChI is InChI=1S/C15H20ClNO3/c1-10(2)12-7-6-11(9-13(12)16)15(20)17(3)8-4-5-14(18)19/h6-7,9-10H,4-5,8H2,1-3H3,(H,18,19). The van der Waals surface area contributed by atoms with Crippen LogP contribution in [0.3, 0.4) is 0 Å². The number of carboxylic acids is 1. The lowest BCUT2D eigenvalue weighted by molar-refractivity contribution is -0.137. The summed E-state index contributed by atoms with van der Waals surface area (Å²) in [6.45, 7) is 4.50. The number of hydrogen-bond acceptors (Lipinski definition) is 2. The van der Waals surface area contributed by atoms with Gasteiger partial charge in [0.05, 0.1) is 0 Å². The highest BCUT2D eigenvalue weighted by Crippen LogP contribution is 2.25. The number of halogens is 1. The van der Waals surface area contributed by atoms with Crippen LogP contribution in [0.1, 0.15) is 48.5 Å². The molecule has 20 heavy (non-hydrogen) atoms. The number of benzene rings is 1. The second-order valence-corrected chi connectivity index (χ2v) is 5.52. The second kappa shape index (κ2) is 7.29. The van der Waals surface area contributed by atoms with Crippen LogP contribution < -0.4 is 0 Å². The van der Waals surface area contributed by atoms with Crippen molar-refractivity contribution >= 4 is 23.5 Å². The first-order valence-electron chi connectivity index (χ1n) is 6.59. The fourth-order valence-corrected chi connectivity index (χ4v) is 2.32. The van der Waals surface area contributed by atoms with Crippen molar-refractivity contribution in [3.63, 3.8) is 0 Å². The quantitative estimate of drug-likeness (QED) is 0.875. The van der Waals surface area contributed by atoms with Gasteiger partial charge in [-0.15, -0.1) is 0 Å². The number of amides is 1. The van der Waals surface area contributed by atoms with Crippen molar-refractivity contribution in [2.24, 2.45) is 0 Å². The zero-order valence-electron chi connectivity index (χ0n) is 12.0. The molecule has 0 heterocycles. The summed E-state index contributed by atoms with van der Waals surface area (Å²) < 4.78 is 0. The van der Waals surface area contributed by atoms with Crippen LogP contribution >= 0.6 is 11.6 Å². The summed E-state index contributed by atoms with van der Waals surface area (Å²) in [4.78, 5) is 24.1. The molecule has 0 aliphatic rings. The molecule has 110 valence electrons. The molecule has 1 aromatic carbocycles. The summed E-state index contributed by atoms with van der Waals surface area (Å²) in [6.07, 6.45) is 0.500. The molecule has 0 bridgehead atoms. The monoisotopic (exact) mass is 297 g/mol. The lowest BCUT2D eigenvalue weighted by Crippen LogP contribution is -2.28. The van der Waals surface area contributed by atoms with Gasteiger partial charge in [0.25, 0.3) is 5.91 Å². The third kappa shape index (κ3) is 4.53. The molecule has 0 aromatic heterocycles. The van der Waals surface area contributed by atoms with Crippen molar-refractivity contribution in [3.8, 4) is 0 Å². The molecular weight excluding hydrogens is 278 g/mol. The van der Waals surface area contributed by atoms with E-state index in [4.69, 9.17) is 16.7 Å². The number of hydrogen-bond donors (Lipinski definition) is 1. The van der Waals surface area contributed by atoms with Gasteiger partial charge < -0.3 is 10.0 Å². The molecule has 1 rings (SSSR count). The van der Waals surface area contributed by atoms with E-state index in [2.05, 4.69) is 0 Å². The molecule has 1 amide bonds. The molecule has 0 spiro atoms. The Kier molecular flexibility index (Phi) is 6.02. The van der Waals surface area contributed by atoms with Gasteiger partial charge >= 0.3 is 5.97 Å². The SMILES string of the molecule is CC(C)c1ccc(C(=O)N(C)CCCC(=O)O)cc1Cl. The molecule has 0 radical (unpaired) electrons. The molecular formula is C15H20ClNO3. The largest absolute Gasteiger partial charge is 0.481 e. The van der Waals surface area contributed by atoms with E-state index in [0.717, 1.165) is 5.56 Å². The average molecular weight is 298 g/mol. The van der Waals surface area contributed by atoms with Gasteiger partial charge in [0.2, 0.25) is 0 Å². The fraction of sp³-hybridized carbons (Fsp3) is 0.467.